The number of benzene rings is 3. The van der Waals surface area contributed by atoms with E-state index in [-0.39, 0.29) is 33.9 Å². The van der Waals surface area contributed by atoms with Crippen molar-refractivity contribution in [3.05, 3.63) is 94.2 Å². The van der Waals surface area contributed by atoms with Gasteiger partial charge >= 0.3 is 0 Å². The summed E-state index contributed by atoms with van der Waals surface area (Å²) >= 11 is 11.9. The van der Waals surface area contributed by atoms with Crippen molar-refractivity contribution < 1.29 is 17.6 Å². The van der Waals surface area contributed by atoms with E-state index in [2.05, 4.69) is 4.72 Å². The second-order valence-corrected chi connectivity index (χ2v) is 9.20. The predicted octanol–water partition coefficient (Wildman–Crippen LogP) is 5.15. The van der Waals surface area contributed by atoms with E-state index in [0.29, 0.717) is 17.7 Å². The molecule has 0 spiro atoms. The van der Waals surface area contributed by atoms with Crippen LogP contribution in [0.1, 0.15) is 16.8 Å². The van der Waals surface area contributed by atoms with Gasteiger partial charge in [-0.15, -0.1) is 0 Å². The van der Waals surface area contributed by atoms with Crippen molar-refractivity contribution in [1.29, 1.82) is 0 Å². The molecule has 0 saturated carbocycles. The monoisotopic (exact) mass is 480 g/mol. The molecule has 0 atom stereocenters. The number of carbonyl (C=O) groups is 1. The fourth-order valence-corrected chi connectivity index (χ4v) is 4.74. The van der Waals surface area contributed by atoms with E-state index in [1.807, 2.05) is 0 Å². The molecule has 162 valence electrons. The highest BCUT2D eigenvalue weighted by atomic mass is 35.5. The SMILES string of the molecule is O=C(c1ccccc1)N(CCCNS(=O)(=O)c1cc(Cl)ccc1Cl)c1ccc(F)cc1. The number of sulfonamides is 1. The summed E-state index contributed by atoms with van der Waals surface area (Å²) in [6.07, 6.45) is 0.313. The first-order valence-electron chi connectivity index (χ1n) is 9.35. The third-order valence-corrected chi connectivity index (χ3v) is 6.62. The molecule has 0 saturated heterocycles. The molecule has 3 rings (SSSR count). The first-order chi connectivity index (χ1) is 14.8. The Kier molecular flexibility index (Phi) is 7.67. The van der Waals surface area contributed by atoms with Gasteiger partial charge in [0.2, 0.25) is 10.0 Å². The van der Waals surface area contributed by atoms with Crippen LogP contribution in [0.15, 0.2) is 77.7 Å². The van der Waals surface area contributed by atoms with Gasteiger partial charge in [-0.2, -0.15) is 0 Å². The number of halogens is 3. The molecule has 3 aromatic carbocycles. The van der Waals surface area contributed by atoms with Crippen LogP contribution >= 0.6 is 23.2 Å². The standard InChI is InChI=1S/C22H19Cl2FN2O3S/c23-17-7-12-20(24)21(15-17)31(29,30)26-13-4-14-27(19-10-8-18(25)9-11-19)22(28)16-5-2-1-3-6-16/h1-3,5-12,15,26H,4,13-14H2. The van der Waals surface area contributed by atoms with Crippen LogP contribution in [0, 0.1) is 5.82 Å². The molecule has 0 bridgehead atoms. The molecule has 0 aliphatic carbocycles. The Bertz CT molecular complexity index is 1160. The normalized spacial score (nSPS) is 11.3. The van der Waals surface area contributed by atoms with Gasteiger partial charge in [0.15, 0.2) is 0 Å². The number of anilines is 1. The second kappa shape index (κ2) is 10.2. The highest BCUT2D eigenvalue weighted by Crippen LogP contribution is 2.25. The molecule has 9 heteroatoms. The maximum atomic E-state index is 13.3. The highest BCUT2D eigenvalue weighted by molar-refractivity contribution is 7.89. The molecule has 5 nitrogen and oxygen atoms in total. The van der Waals surface area contributed by atoms with E-state index in [1.54, 1.807) is 30.3 Å². The van der Waals surface area contributed by atoms with Gasteiger partial charge in [0.05, 0.1) is 5.02 Å². The second-order valence-electron chi connectivity index (χ2n) is 6.63. The Hall–Kier alpha value is -2.45. The van der Waals surface area contributed by atoms with Crippen molar-refractivity contribution in [2.75, 3.05) is 18.0 Å². The van der Waals surface area contributed by atoms with Gasteiger partial charge in [-0.05, 0) is 61.0 Å². The van der Waals surface area contributed by atoms with Gasteiger partial charge in [-0.25, -0.2) is 17.5 Å². The van der Waals surface area contributed by atoms with Crippen LogP contribution in [0.5, 0.6) is 0 Å². The van der Waals surface area contributed by atoms with Crippen LogP contribution in [-0.2, 0) is 10.0 Å². The van der Waals surface area contributed by atoms with Crippen molar-refractivity contribution in [2.45, 2.75) is 11.3 Å². The molecule has 0 aromatic heterocycles. The molecule has 0 unspecified atom stereocenters. The van der Waals surface area contributed by atoms with E-state index in [0.717, 1.165) is 0 Å². The van der Waals surface area contributed by atoms with Crippen molar-refractivity contribution in [3.63, 3.8) is 0 Å². The van der Waals surface area contributed by atoms with Crippen molar-refractivity contribution >= 4 is 44.8 Å². The molecular formula is C22H19Cl2FN2O3S. The summed E-state index contributed by atoms with van der Waals surface area (Å²) in [5, 5.41) is 0.310. The first kappa shape index (κ1) is 23.2. The molecule has 0 heterocycles. The average molecular weight is 481 g/mol. The van der Waals surface area contributed by atoms with Gasteiger partial charge in [-0.1, -0.05) is 41.4 Å². The maximum absolute atomic E-state index is 13.3. The topological polar surface area (TPSA) is 66.5 Å². The number of carbonyl (C=O) groups excluding carboxylic acids is 1. The third kappa shape index (κ3) is 6.04. The molecule has 1 amide bonds. The minimum atomic E-state index is -3.87. The third-order valence-electron chi connectivity index (χ3n) is 4.44. The van der Waals surface area contributed by atoms with Crippen LogP contribution < -0.4 is 9.62 Å². The van der Waals surface area contributed by atoms with E-state index in [9.17, 15) is 17.6 Å². The number of amides is 1. The van der Waals surface area contributed by atoms with Crippen LogP contribution in [0.4, 0.5) is 10.1 Å². The summed E-state index contributed by atoms with van der Waals surface area (Å²) in [6.45, 7) is 0.274. The lowest BCUT2D eigenvalue weighted by Crippen LogP contribution is -2.34. The zero-order valence-corrected chi connectivity index (χ0v) is 18.6. The van der Waals surface area contributed by atoms with Crippen molar-refractivity contribution in [3.8, 4) is 0 Å². The first-order valence-corrected chi connectivity index (χ1v) is 11.6. The number of hydrogen-bond donors (Lipinski definition) is 1. The fraction of sp³-hybridized carbons (Fsp3) is 0.136. The molecule has 31 heavy (non-hydrogen) atoms. The number of rotatable bonds is 8. The van der Waals surface area contributed by atoms with Crippen LogP contribution in [-0.4, -0.2) is 27.4 Å². The van der Waals surface area contributed by atoms with E-state index in [4.69, 9.17) is 23.2 Å². The van der Waals surface area contributed by atoms with Crippen LogP contribution in [0.3, 0.4) is 0 Å². The predicted molar refractivity (Wildman–Crippen MR) is 121 cm³/mol. The van der Waals surface area contributed by atoms with Gasteiger partial charge < -0.3 is 4.90 Å². The van der Waals surface area contributed by atoms with Gasteiger partial charge in [0.1, 0.15) is 10.7 Å². The maximum Gasteiger partial charge on any atom is 0.258 e. The molecule has 1 N–H and O–H groups in total. The van der Waals surface area contributed by atoms with Gasteiger partial charge in [0.25, 0.3) is 5.91 Å². The molecule has 0 aliphatic heterocycles. The van der Waals surface area contributed by atoms with Crippen LogP contribution in [0.2, 0.25) is 10.0 Å². The molecule has 0 fully saturated rings. The van der Waals surface area contributed by atoms with Crippen molar-refractivity contribution in [1.82, 2.24) is 4.72 Å². The molecule has 0 aliphatic rings. The smallest absolute Gasteiger partial charge is 0.258 e. The molecule has 0 radical (unpaired) electrons. The minimum absolute atomic E-state index is 0.0593. The van der Waals surface area contributed by atoms with E-state index >= 15 is 0 Å². The minimum Gasteiger partial charge on any atom is -0.308 e. The Labute approximate surface area is 190 Å². The largest absolute Gasteiger partial charge is 0.308 e. The summed E-state index contributed by atoms with van der Waals surface area (Å²) in [6, 6.07) is 18.4. The summed E-state index contributed by atoms with van der Waals surface area (Å²) in [4.78, 5) is 14.4. The lowest BCUT2D eigenvalue weighted by Gasteiger charge is -2.23. The quantitative estimate of drug-likeness (QED) is 0.453. The molecular weight excluding hydrogens is 462 g/mol. The van der Waals surface area contributed by atoms with Gasteiger partial charge in [-0.3, -0.25) is 4.79 Å². The number of nitrogens with zero attached hydrogens (tertiary/aromatic N) is 1. The molecule has 3 aromatic rings. The zero-order chi connectivity index (χ0) is 22.4. The Morgan fingerprint density at radius 2 is 1.65 bits per heavy atom. The van der Waals surface area contributed by atoms with E-state index < -0.39 is 15.8 Å². The van der Waals surface area contributed by atoms with Crippen LogP contribution in [0.25, 0.3) is 0 Å². The van der Waals surface area contributed by atoms with Crippen molar-refractivity contribution in [2.24, 2.45) is 0 Å². The highest BCUT2D eigenvalue weighted by Gasteiger charge is 2.20. The van der Waals surface area contributed by atoms with Gasteiger partial charge in [0, 0.05) is 29.4 Å². The Morgan fingerprint density at radius 1 is 0.968 bits per heavy atom. The van der Waals surface area contributed by atoms with E-state index in [1.165, 1.54) is 47.4 Å². The average Bonchev–Trinajstić information content (AvgIpc) is 2.76. The summed E-state index contributed by atoms with van der Waals surface area (Å²) < 4.78 is 40.9. The lowest BCUT2D eigenvalue weighted by molar-refractivity contribution is 0.0986. The Morgan fingerprint density at radius 3 is 2.32 bits per heavy atom. The lowest BCUT2D eigenvalue weighted by atomic mass is 10.1. The zero-order valence-electron chi connectivity index (χ0n) is 16.3. The Balaban J connectivity index is 1.71. The number of nitrogens with one attached hydrogen (secondary N) is 1. The summed E-state index contributed by atoms with van der Waals surface area (Å²) in [5.41, 5.74) is 0.981. The summed E-state index contributed by atoms with van der Waals surface area (Å²) in [5.74, 6) is -0.685. The number of hydrogen-bond acceptors (Lipinski definition) is 3. The summed E-state index contributed by atoms with van der Waals surface area (Å²) in [7, 11) is -3.87. The fourth-order valence-electron chi connectivity index (χ4n) is 2.91.